The highest BCUT2D eigenvalue weighted by Crippen LogP contribution is 2.47. The summed E-state index contributed by atoms with van der Waals surface area (Å²) in [4.78, 5) is 44.7. The molecule has 6 atom stereocenters. The van der Waals surface area contributed by atoms with Crippen LogP contribution in [0.5, 0.6) is 0 Å². The summed E-state index contributed by atoms with van der Waals surface area (Å²) in [6, 6.07) is -1.41. The Morgan fingerprint density at radius 1 is 1.35 bits per heavy atom. The van der Waals surface area contributed by atoms with Crippen LogP contribution in [-0.4, -0.2) is 108 Å². The number of aromatic nitrogens is 4. The number of hydrogen-bond acceptors (Lipinski definition) is 9. The molecule has 34 heavy (non-hydrogen) atoms. The normalized spacial score (nSPS) is 29.6. The lowest BCUT2D eigenvalue weighted by atomic mass is 9.76. The van der Waals surface area contributed by atoms with E-state index in [0.29, 0.717) is 12.1 Å². The van der Waals surface area contributed by atoms with Crippen molar-refractivity contribution in [3.05, 3.63) is 17.6 Å². The number of carboxylic acid groups (broad SMARTS) is 1. The number of amides is 2. The van der Waals surface area contributed by atoms with Gasteiger partial charge in [0.1, 0.15) is 18.6 Å². The van der Waals surface area contributed by atoms with Gasteiger partial charge in [-0.25, -0.2) is 14.5 Å². The molecule has 2 saturated heterocycles. The van der Waals surface area contributed by atoms with Crippen LogP contribution in [0.15, 0.2) is 22.6 Å². The van der Waals surface area contributed by atoms with E-state index in [-0.39, 0.29) is 49.0 Å². The number of aliphatic carboxylic acids is 1. The van der Waals surface area contributed by atoms with E-state index in [9.17, 15) is 24.6 Å². The topological polar surface area (TPSA) is 218 Å². The molecule has 2 fully saturated rings. The van der Waals surface area contributed by atoms with Crippen molar-refractivity contribution in [1.82, 2.24) is 35.3 Å². The number of aliphatic hydroxyl groups is 1. The van der Waals surface area contributed by atoms with Crippen molar-refractivity contribution in [2.75, 3.05) is 19.6 Å². The second kappa shape index (κ2) is 8.98. The van der Waals surface area contributed by atoms with Gasteiger partial charge in [-0.2, -0.15) is 0 Å². The predicted octanol–water partition coefficient (Wildman–Crippen LogP) is -3.69. The molecule has 4 heterocycles. The number of carbonyl (C=O) groups excluding carboxylic acids is 2. The Labute approximate surface area is 194 Å². The summed E-state index contributed by atoms with van der Waals surface area (Å²) in [5.74, 6) is -2.85. The molecule has 1 aromatic rings. The lowest BCUT2D eigenvalue weighted by Gasteiger charge is -2.47. The van der Waals surface area contributed by atoms with Gasteiger partial charge in [-0.15, -0.1) is 5.10 Å². The van der Waals surface area contributed by atoms with Gasteiger partial charge in [-0.3, -0.25) is 14.5 Å². The van der Waals surface area contributed by atoms with E-state index in [1.165, 1.54) is 15.9 Å². The quantitative estimate of drug-likeness (QED) is 0.140. The van der Waals surface area contributed by atoms with Gasteiger partial charge in [0.05, 0.1) is 24.1 Å². The first-order valence-corrected chi connectivity index (χ1v) is 10.9. The second-order valence-corrected chi connectivity index (χ2v) is 8.94. The highest BCUT2D eigenvalue weighted by atomic mass is 16.4. The number of hydrogen-bond donors (Lipinski definition) is 5. The highest BCUT2D eigenvalue weighted by molar-refractivity contribution is 6.00. The Morgan fingerprint density at radius 3 is 2.71 bits per heavy atom. The maximum Gasteiger partial charge on any atom is 0.352 e. The number of aliphatic hydroxyl groups excluding tert-OH is 1. The van der Waals surface area contributed by atoms with Gasteiger partial charge in [0.25, 0.3) is 0 Å². The number of β-lactam (4-membered cyclic amide) rings is 1. The number of carbonyl (C=O) groups is 3. The fraction of sp³-hybridized carbons (Fsp3) is 0.632. The van der Waals surface area contributed by atoms with Crippen LogP contribution >= 0.6 is 0 Å². The van der Waals surface area contributed by atoms with Gasteiger partial charge in [-0.1, -0.05) is 6.92 Å². The first kappa shape index (κ1) is 23.6. The first-order valence-electron chi connectivity index (χ1n) is 10.9. The van der Waals surface area contributed by atoms with E-state index in [4.69, 9.17) is 11.5 Å². The molecule has 0 radical (unpaired) electrons. The number of likely N-dealkylation sites (tertiary alicyclic amines) is 1. The standard InChI is InChI=1S/C19H28N10O5/c1-8-10(3-27-4-11(12(30)5-27)24-19(20)21)16(18(33)34)29-15(8)14(17(29)32)9(2)23-13(31)6-28-7-22-25-26-28/h7-9,11-12,14-15,30H,3-6H2,1-2H3,(H,23,31)(H,33,34)(H4,20,21,24)/t8?,9-,11?,12+,14-,15-/m1/s1. The molecule has 1 aromatic heterocycles. The molecule has 0 aliphatic carbocycles. The molecule has 2 unspecified atom stereocenters. The van der Waals surface area contributed by atoms with Crippen LogP contribution in [0.25, 0.3) is 0 Å². The molecule has 4 rings (SSSR count). The molecule has 7 N–H and O–H groups in total. The number of nitrogens with two attached hydrogens (primary N) is 2. The van der Waals surface area contributed by atoms with Crippen molar-refractivity contribution >= 4 is 23.7 Å². The molecule has 15 heteroatoms. The molecular formula is C19H28N10O5. The first-order chi connectivity index (χ1) is 16.1. The smallest absolute Gasteiger partial charge is 0.352 e. The summed E-state index contributed by atoms with van der Waals surface area (Å²) < 4.78 is 1.26. The summed E-state index contributed by atoms with van der Waals surface area (Å²) in [6.07, 6.45) is 0.525. The average Bonchev–Trinajstić information content (AvgIpc) is 3.41. The summed E-state index contributed by atoms with van der Waals surface area (Å²) in [5, 5.41) is 33.5. The van der Waals surface area contributed by atoms with Crippen LogP contribution in [0.2, 0.25) is 0 Å². The largest absolute Gasteiger partial charge is 0.477 e. The summed E-state index contributed by atoms with van der Waals surface area (Å²) >= 11 is 0. The zero-order chi connectivity index (χ0) is 24.7. The van der Waals surface area contributed by atoms with Crippen molar-refractivity contribution in [2.24, 2.45) is 28.3 Å². The SMILES string of the molecule is CC1C(CN2CC(N=C(N)N)[C@@H](O)C2)=C(C(=O)O)N2C(=O)[C@H]([C@@H](C)NC(=O)Cn3cnnn3)[C@@H]12. The maximum absolute atomic E-state index is 13.0. The van der Waals surface area contributed by atoms with E-state index >= 15 is 0 Å². The molecule has 0 saturated carbocycles. The van der Waals surface area contributed by atoms with Crippen molar-refractivity contribution in [3.8, 4) is 0 Å². The van der Waals surface area contributed by atoms with Crippen molar-refractivity contribution in [1.29, 1.82) is 0 Å². The van der Waals surface area contributed by atoms with Crippen LogP contribution in [0.1, 0.15) is 13.8 Å². The summed E-state index contributed by atoms with van der Waals surface area (Å²) in [5.41, 5.74) is 11.4. The van der Waals surface area contributed by atoms with Crippen molar-refractivity contribution < 1.29 is 24.6 Å². The predicted molar refractivity (Wildman–Crippen MR) is 115 cm³/mol. The van der Waals surface area contributed by atoms with Crippen LogP contribution in [0, 0.1) is 11.8 Å². The third-order valence-corrected chi connectivity index (χ3v) is 6.67. The molecule has 184 valence electrons. The Kier molecular flexibility index (Phi) is 6.22. The van der Waals surface area contributed by atoms with E-state index in [1.54, 1.807) is 6.92 Å². The molecule has 0 bridgehead atoms. The second-order valence-electron chi connectivity index (χ2n) is 8.94. The van der Waals surface area contributed by atoms with E-state index in [0.717, 1.165) is 0 Å². The van der Waals surface area contributed by atoms with Gasteiger partial charge in [-0.05, 0) is 22.9 Å². The Balaban J connectivity index is 1.46. The molecule has 0 aromatic carbocycles. The summed E-state index contributed by atoms with van der Waals surface area (Å²) in [6.45, 7) is 4.38. The molecule has 2 amide bonds. The number of nitrogens with one attached hydrogen (secondary N) is 1. The molecule has 0 spiro atoms. The average molecular weight is 476 g/mol. The van der Waals surface area contributed by atoms with Crippen LogP contribution in [0.4, 0.5) is 0 Å². The number of aliphatic imine (C=N–C) groups is 1. The number of rotatable bonds is 8. The minimum Gasteiger partial charge on any atom is -0.477 e. The minimum absolute atomic E-state index is 0.0363. The number of fused-ring (bicyclic) bond motifs is 1. The van der Waals surface area contributed by atoms with E-state index < -0.39 is 36.1 Å². The third kappa shape index (κ3) is 4.19. The van der Waals surface area contributed by atoms with E-state index in [2.05, 4.69) is 25.8 Å². The van der Waals surface area contributed by atoms with Crippen LogP contribution < -0.4 is 16.8 Å². The van der Waals surface area contributed by atoms with Crippen molar-refractivity contribution in [3.63, 3.8) is 0 Å². The number of β-amino-alcohol motifs (C(OH)–C–C–N with tert-alkyl or cyclic N) is 1. The van der Waals surface area contributed by atoms with Gasteiger partial charge in [0, 0.05) is 31.6 Å². The Hall–Kier alpha value is -3.59. The lowest BCUT2D eigenvalue weighted by Crippen LogP contribution is -2.66. The fourth-order valence-electron chi connectivity index (χ4n) is 5.20. The van der Waals surface area contributed by atoms with Gasteiger partial charge < -0.3 is 31.9 Å². The van der Waals surface area contributed by atoms with Crippen molar-refractivity contribution in [2.45, 2.75) is 44.6 Å². The molecule has 3 aliphatic rings. The zero-order valence-corrected chi connectivity index (χ0v) is 18.8. The van der Waals surface area contributed by atoms with Gasteiger partial charge >= 0.3 is 5.97 Å². The number of nitrogens with zero attached hydrogens (tertiary/aromatic N) is 7. The number of carboxylic acids is 1. The zero-order valence-electron chi connectivity index (χ0n) is 18.8. The number of guanidine groups is 1. The molecule has 3 aliphatic heterocycles. The lowest BCUT2D eigenvalue weighted by molar-refractivity contribution is -0.158. The number of tetrazole rings is 1. The Morgan fingerprint density at radius 2 is 2.09 bits per heavy atom. The Bertz CT molecular complexity index is 1040. The van der Waals surface area contributed by atoms with Crippen LogP contribution in [0.3, 0.4) is 0 Å². The highest BCUT2D eigenvalue weighted by Gasteiger charge is 2.60. The fourth-order valence-corrected chi connectivity index (χ4v) is 5.20. The molecular weight excluding hydrogens is 448 g/mol. The maximum atomic E-state index is 13.0. The molecule has 15 nitrogen and oxygen atoms in total. The summed E-state index contributed by atoms with van der Waals surface area (Å²) in [7, 11) is 0. The monoisotopic (exact) mass is 476 g/mol. The van der Waals surface area contributed by atoms with Crippen LogP contribution in [-0.2, 0) is 20.9 Å². The minimum atomic E-state index is -1.19. The third-order valence-electron chi connectivity index (χ3n) is 6.67. The van der Waals surface area contributed by atoms with Gasteiger partial charge in [0.15, 0.2) is 5.96 Å². The van der Waals surface area contributed by atoms with Gasteiger partial charge in [0.2, 0.25) is 11.8 Å². The van der Waals surface area contributed by atoms with E-state index in [1.807, 2.05) is 11.8 Å².